The Morgan fingerprint density at radius 3 is 3.05 bits per heavy atom. The van der Waals surface area contributed by atoms with Gasteiger partial charge in [-0.2, -0.15) is 10.2 Å². The number of benzene rings is 1. The van der Waals surface area contributed by atoms with Gasteiger partial charge < -0.3 is 9.26 Å². The minimum atomic E-state index is 0.488. The zero-order valence-corrected chi connectivity index (χ0v) is 11.3. The first kappa shape index (κ1) is 12.8. The maximum Gasteiger partial charge on any atom is 0.258 e. The SMILES string of the molecule is Cc1cc(C#N)ccc1-c1nc(CC2CCOC2)no1. The average molecular weight is 269 g/mol. The summed E-state index contributed by atoms with van der Waals surface area (Å²) in [5, 5.41) is 12.9. The van der Waals surface area contributed by atoms with Crippen molar-refractivity contribution in [3.63, 3.8) is 0 Å². The van der Waals surface area contributed by atoms with Gasteiger partial charge in [-0.25, -0.2) is 0 Å². The number of nitriles is 1. The van der Waals surface area contributed by atoms with Crippen molar-refractivity contribution in [1.29, 1.82) is 5.26 Å². The molecule has 5 nitrogen and oxygen atoms in total. The van der Waals surface area contributed by atoms with Crippen LogP contribution in [0.15, 0.2) is 22.7 Å². The van der Waals surface area contributed by atoms with Crippen LogP contribution in [0.4, 0.5) is 0 Å². The van der Waals surface area contributed by atoms with E-state index in [-0.39, 0.29) is 0 Å². The number of rotatable bonds is 3. The summed E-state index contributed by atoms with van der Waals surface area (Å²) >= 11 is 0. The van der Waals surface area contributed by atoms with Gasteiger partial charge in [0.05, 0.1) is 11.6 Å². The van der Waals surface area contributed by atoms with Crippen LogP contribution >= 0.6 is 0 Å². The minimum absolute atomic E-state index is 0.488. The van der Waals surface area contributed by atoms with Gasteiger partial charge in [0.2, 0.25) is 0 Å². The first-order valence-corrected chi connectivity index (χ1v) is 6.67. The summed E-state index contributed by atoms with van der Waals surface area (Å²) in [6.45, 7) is 3.54. The topological polar surface area (TPSA) is 71.9 Å². The van der Waals surface area contributed by atoms with Crippen LogP contribution in [0.1, 0.15) is 23.4 Å². The van der Waals surface area contributed by atoms with Crippen molar-refractivity contribution in [1.82, 2.24) is 10.1 Å². The zero-order valence-electron chi connectivity index (χ0n) is 11.3. The molecular formula is C15H15N3O2. The third-order valence-corrected chi connectivity index (χ3v) is 3.55. The van der Waals surface area contributed by atoms with Crippen LogP contribution in [0.2, 0.25) is 0 Å². The lowest BCUT2D eigenvalue weighted by Crippen LogP contribution is -2.04. The van der Waals surface area contributed by atoms with E-state index in [2.05, 4.69) is 16.2 Å². The number of aromatic nitrogens is 2. The van der Waals surface area contributed by atoms with E-state index in [4.69, 9.17) is 14.5 Å². The molecule has 3 rings (SSSR count). The van der Waals surface area contributed by atoms with Gasteiger partial charge in [-0.1, -0.05) is 5.16 Å². The maximum absolute atomic E-state index is 8.87. The molecule has 2 aromatic rings. The van der Waals surface area contributed by atoms with E-state index in [1.165, 1.54) is 0 Å². The number of hydrogen-bond donors (Lipinski definition) is 0. The zero-order chi connectivity index (χ0) is 13.9. The summed E-state index contributed by atoms with van der Waals surface area (Å²) < 4.78 is 10.7. The lowest BCUT2D eigenvalue weighted by Gasteiger charge is -2.01. The summed E-state index contributed by atoms with van der Waals surface area (Å²) in [6.07, 6.45) is 1.85. The molecule has 1 aromatic heterocycles. The van der Waals surface area contributed by atoms with Crippen LogP contribution in [0.3, 0.4) is 0 Å². The fourth-order valence-corrected chi connectivity index (χ4v) is 2.42. The van der Waals surface area contributed by atoms with Crippen LogP contribution < -0.4 is 0 Å². The van der Waals surface area contributed by atoms with Crippen LogP contribution in [0, 0.1) is 24.2 Å². The molecule has 0 radical (unpaired) electrons. The molecule has 0 N–H and O–H groups in total. The van der Waals surface area contributed by atoms with Gasteiger partial charge in [0.25, 0.3) is 5.89 Å². The maximum atomic E-state index is 8.87. The number of nitrogens with zero attached hydrogens (tertiary/aromatic N) is 3. The molecule has 2 heterocycles. The number of aryl methyl sites for hydroxylation is 1. The first-order chi connectivity index (χ1) is 9.76. The Labute approximate surface area is 117 Å². The summed E-state index contributed by atoms with van der Waals surface area (Å²) in [4.78, 5) is 4.44. The van der Waals surface area contributed by atoms with Crippen molar-refractivity contribution in [2.75, 3.05) is 13.2 Å². The average Bonchev–Trinajstić information content (AvgIpc) is 3.11. The summed E-state index contributed by atoms with van der Waals surface area (Å²) in [5.74, 6) is 1.72. The molecule has 1 fully saturated rings. The third kappa shape index (κ3) is 2.56. The molecule has 102 valence electrons. The molecule has 1 unspecified atom stereocenters. The highest BCUT2D eigenvalue weighted by atomic mass is 16.5. The minimum Gasteiger partial charge on any atom is -0.381 e. The van der Waals surface area contributed by atoms with Gasteiger partial charge in [0.1, 0.15) is 0 Å². The Balaban J connectivity index is 1.81. The predicted molar refractivity (Wildman–Crippen MR) is 71.8 cm³/mol. The normalized spacial score (nSPS) is 18.1. The first-order valence-electron chi connectivity index (χ1n) is 6.67. The van der Waals surface area contributed by atoms with E-state index in [1.807, 2.05) is 19.1 Å². The Bertz CT molecular complexity index is 651. The van der Waals surface area contributed by atoms with Crippen LogP contribution in [0.5, 0.6) is 0 Å². The van der Waals surface area contributed by atoms with Crippen molar-refractivity contribution in [2.24, 2.45) is 5.92 Å². The molecular weight excluding hydrogens is 254 g/mol. The second-order valence-electron chi connectivity index (χ2n) is 5.09. The van der Waals surface area contributed by atoms with Gasteiger partial charge in [0.15, 0.2) is 5.82 Å². The quantitative estimate of drug-likeness (QED) is 0.856. The molecule has 0 aliphatic carbocycles. The molecule has 1 aliphatic heterocycles. The molecule has 1 atom stereocenters. The van der Waals surface area contributed by atoms with Gasteiger partial charge >= 0.3 is 0 Å². The molecule has 1 aliphatic rings. The number of ether oxygens (including phenoxy) is 1. The lowest BCUT2D eigenvalue weighted by atomic mass is 10.0. The summed E-state index contributed by atoms with van der Waals surface area (Å²) in [7, 11) is 0. The third-order valence-electron chi connectivity index (χ3n) is 3.55. The Morgan fingerprint density at radius 1 is 1.45 bits per heavy atom. The van der Waals surface area contributed by atoms with E-state index >= 15 is 0 Å². The van der Waals surface area contributed by atoms with E-state index in [0.29, 0.717) is 17.4 Å². The fourth-order valence-electron chi connectivity index (χ4n) is 2.42. The van der Waals surface area contributed by atoms with Crippen molar-refractivity contribution < 1.29 is 9.26 Å². The van der Waals surface area contributed by atoms with E-state index in [1.54, 1.807) is 6.07 Å². The van der Waals surface area contributed by atoms with Gasteiger partial charge in [-0.3, -0.25) is 0 Å². The highest BCUT2D eigenvalue weighted by molar-refractivity contribution is 5.60. The van der Waals surface area contributed by atoms with E-state index < -0.39 is 0 Å². The highest BCUT2D eigenvalue weighted by Crippen LogP contribution is 2.24. The van der Waals surface area contributed by atoms with Crippen LogP contribution in [-0.4, -0.2) is 23.4 Å². The lowest BCUT2D eigenvalue weighted by molar-refractivity contribution is 0.185. The van der Waals surface area contributed by atoms with Crippen molar-refractivity contribution in [3.8, 4) is 17.5 Å². The molecule has 0 bridgehead atoms. The standard InChI is InChI=1S/C15H15N3O2/c1-10-6-11(8-16)2-3-13(10)15-17-14(18-20-15)7-12-4-5-19-9-12/h2-3,6,12H,4-5,7,9H2,1H3. The molecule has 1 aromatic carbocycles. The van der Waals surface area contributed by atoms with E-state index in [9.17, 15) is 0 Å². The Kier molecular flexibility index (Phi) is 3.48. The van der Waals surface area contributed by atoms with Crippen molar-refractivity contribution in [3.05, 3.63) is 35.2 Å². The van der Waals surface area contributed by atoms with Crippen molar-refractivity contribution in [2.45, 2.75) is 19.8 Å². The van der Waals surface area contributed by atoms with E-state index in [0.717, 1.165) is 43.0 Å². The van der Waals surface area contributed by atoms with Gasteiger partial charge in [0, 0.05) is 25.2 Å². The summed E-state index contributed by atoms with van der Waals surface area (Å²) in [5.41, 5.74) is 2.47. The smallest absolute Gasteiger partial charge is 0.258 e. The Hall–Kier alpha value is -2.19. The second-order valence-corrected chi connectivity index (χ2v) is 5.09. The van der Waals surface area contributed by atoms with Crippen molar-refractivity contribution >= 4 is 0 Å². The molecule has 0 amide bonds. The van der Waals surface area contributed by atoms with Crippen LogP contribution in [0.25, 0.3) is 11.5 Å². The molecule has 1 saturated heterocycles. The second kappa shape index (κ2) is 5.43. The predicted octanol–water partition coefficient (Wildman–Crippen LogP) is 2.50. The number of hydrogen-bond acceptors (Lipinski definition) is 5. The monoisotopic (exact) mass is 269 g/mol. The Morgan fingerprint density at radius 2 is 2.35 bits per heavy atom. The molecule has 5 heteroatoms. The fraction of sp³-hybridized carbons (Fsp3) is 0.400. The van der Waals surface area contributed by atoms with Gasteiger partial charge in [-0.15, -0.1) is 0 Å². The molecule has 0 saturated carbocycles. The van der Waals surface area contributed by atoms with Crippen LogP contribution in [-0.2, 0) is 11.2 Å². The van der Waals surface area contributed by atoms with Gasteiger partial charge in [-0.05, 0) is 43.0 Å². The highest BCUT2D eigenvalue weighted by Gasteiger charge is 2.19. The molecule has 20 heavy (non-hydrogen) atoms. The molecule has 0 spiro atoms. The summed E-state index contributed by atoms with van der Waals surface area (Å²) in [6, 6.07) is 7.55. The largest absolute Gasteiger partial charge is 0.381 e.